The Morgan fingerprint density at radius 3 is 2.58 bits per heavy atom. The smallest absolute Gasteiger partial charge is 0.299 e. The maximum atomic E-state index is 14.8. The van der Waals surface area contributed by atoms with Gasteiger partial charge >= 0.3 is 0 Å². The highest BCUT2D eigenvalue weighted by Crippen LogP contribution is 2.50. The van der Waals surface area contributed by atoms with Gasteiger partial charge < -0.3 is 21.3 Å². The third-order valence-corrected chi connectivity index (χ3v) is 8.54. The number of halogens is 2. The lowest BCUT2D eigenvalue weighted by atomic mass is 10.0. The lowest BCUT2D eigenvalue weighted by molar-refractivity contribution is -0.138. The molecular formula is C29H29F2N5O3S. The maximum absolute atomic E-state index is 14.8. The predicted molar refractivity (Wildman–Crippen MR) is 148 cm³/mol. The molecule has 11 heteroatoms. The molecule has 1 aromatic heterocycles. The number of nitrogens with two attached hydrogens (primary N) is 1. The van der Waals surface area contributed by atoms with Crippen LogP contribution in [0.1, 0.15) is 58.2 Å². The first-order valence-corrected chi connectivity index (χ1v) is 13.8. The van der Waals surface area contributed by atoms with E-state index in [1.807, 2.05) is 13.8 Å². The SMILES string of the molecule is CC1CC(C(=O)N[C@H](C)c2cc(C(=N)N)cs2)N(C(=O)CNC(=O)c2ccc3c(c2)-c2ccccc2C3(F)F)C1. The van der Waals surface area contributed by atoms with E-state index in [0.29, 0.717) is 29.7 Å². The maximum Gasteiger partial charge on any atom is 0.299 e. The first-order valence-electron chi connectivity index (χ1n) is 12.9. The normalized spacial score (nSPS) is 19.4. The van der Waals surface area contributed by atoms with Crippen LogP contribution < -0.4 is 16.4 Å². The summed E-state index contributed by atoms with van der Waals surface area (Å²) >= 11 is 1.39. The minimum absolute atomic E-state index is 0.0490. The van der Waals surface area contributed by atoms with Crippen LogP contribution in [0.25, 0.3) is 11.1 Å². The van der Waals surface area contributed by atoms with Gasteiger partial charge in [-0.1, -0.05) is 37.3 Å². The summed E-state index contributed by atoms with van der Waals surface area (Å²) in [7, 11) is 0. The molecule has 2 unspecified atom stereocenters. The number of nitrogen functional groups attached to an aromatic ring is 1. The molecule has 5 rings (SSSR count). The molecule has 0 spiro atoms. The molecule has 1 saturated heterocycles. The standard InChI is InChI=1S/C29H29F2N5O3S/c1-15-9-23(28(39)35-16(2)24-11-18(14-40-24)26(32)33)36(13-15)25(37)12-34-27(38)17-7-8-22-20(10-17)19-5-3-4-6-21(19)29(22,30)31/h3-8,10-11,14-16,23H,9,12-13H2,1-2H3,(H3,32,33)(H,34,38)(H,35,39)/t15?,16-,23?/m1/s1. The van der Waals surface area contributed by atoms with Crippen molar-refractivity contribution in [2.24, 2.45) is 11.7 Å². The van der Waals surface area contributed by atoms with Crippen LogP contribution in [0.15, 0.2) is 53.9 Å². The fraction of sp³-hybridized carbons (Fsp3) is 0.310. The number of hydrogen-bond acceptors (Lipinski definition) is 5. The molecule has 1 aliphatic carbocycles. The van der Waals surface area contributed by atoms with Gasteiger partial charge in [0.25, 0.3) is 11.8 Å². The van der Waals surface area contributed by atoms with E-state index in [1.54, 1.807) is 29.6 Å². The number of carbonyl (C=O) groups excluding carboxylic acids is 3. The first kappa shape index (κ1) is 27.4. The van der Waals surface area contributed by atoms with Gasteiger partial charge in [0.1, 0.15) is 11.9 Å². The van der Waals surface area contributed by atoms with E-state index in [0.717, 1.165) is 4.88 Å². The molecule has 2 aromatic carbocycles. The van der Waals surface area contributed by atoms with Crippen molar-refractivity contribution in [2.75, 3.05) is 13.1 Å². The number of likely N-dealkylation sites (tertiary alicyclic amines) is 1. The molecule has 208 valence electrons. The topological polar surface area (TPSA) is 128 Å². The van der Waals surface area contributed by atoms with Gasteiger partial charge in [0.05, 0.1) is 12.6 Å². The number of benzene rings is 2. The molecule has 8 nitrogen and oxygen atoms in total. The minimum Gasteiger partial charge on any atom is -0.384 e. The number of rotatable bonds is 7. The van der Waals surface area contributed by atoms with E-state index in [9.17, 15) is 23.2 Å². The molecule has 1 aliphatic heterocycles. The number of amidine groups is 1. The van der Waals surface area contributed by atoms with Gasteiger partial charge in [0, 0.05) is 39.1 Å². The Labute approximate surface area is 234 Å². The van der Waals surface area contributed by atoms with Crippen molar-refractivity contribution in [3.63, 3.8) is 0 Å². The van der Waals surface area contributed by atoms with Crippen molar-refractivity contribution >= 4 is 34.9 Å². The number of amides is 3. The number of thiophene rings is 1. The predicted octanol–water partition coefficient (Wildman–Crippen LogP) is 4.00. The van der Waals surface area contributed by atoms with Crippen LogP contribution in [0.2, 0.25) is 0 Å². The van der Waals surface area contributed by atoms with Gasteiger partial charge in [-0.25, -0.2) is 0 Å². The molecular weight excluding hydrogens is 536 g/mol. The van der Waals surface area contributed by atoms with Crippen molar-refractivity contribution in [1.29, 1.82) is 5.41 Å². The summed E-state index contributed by atoms with van der Waals surface area (Å²) in [5, 5.41) is 14.8. The molecule has 0 saturated carbocycles. The summed E-state index contributed by atoms with van der Waals surface area (Å²) in [6.45, 7) is 3.82. The summed E-state index contributed by atoms with van der Waals surface area (Å²) in [6, 6.07) is 10.9. The Bertz CT molecular complexity index is 1520. The van der Waals surface area contributed by atoms with Gasteiger partial charge in [-0.15, -0.1) is 11.3 Å². The van der Waals surface area contributed by atoms with E-state index in [4.69, 9.17) is 11.1 Å². The number of nitrogens with zero attached hydrogens (tertiary/aromatic N) is 1. The fourth-order valence-corrected chi connectivity index (χ4v) is 6.27. The number of nitrogens with one attached hydrogen (secondary N) is 3. The van der Waals surface area contributed by atoms with Crippen LogP contribution in [0.3, 0.4) is 0 Å². The Balaban J connectivity index is 1.23. The minimum atomic E-state index is -3.14. The molecule has 2 heterocycles. The number of alkyl halides is 2. The van der Waals surface area contributed by atoms with Crippen molar-refractivity contribution in [3.8, 4) is 11.1 Å². The molecule has 5 N–H and O–H groups in total. The quantitative estimate of drug-likeness (QED) is 0.255. The third-order valence-electron chi connectivity index (χ3n) is 7.43. The monoisotopic (exact) mass is 565 g/mol. The van der Waals surface area contributed by atoms with Crippen LogP contribution >= 0.6 is 11.3 Å². The molecule has 3 amide bonds. The Kier molecular flexibility index (Phi) is 7.17. The summed E-state index contributed by atoms with van der Waals surface area (Å²) in [5.74, 6) is -4.37. The molecule has 0 radical (unpaired) electrons. The summed E-state index contributed by atoms with van der Waals surface area (Å²) in [6.07, 6.45) is 0.486. The molecule has 40 heavy (non-hydrogen) atoms. The second kappa shape index (κ2) is 10.5. The second-order valence-electron chi connectivity index (χ2n) is 10.3. The highest BCUT2D eigenvalue weighted by atomic mass is 32.1. The van der Waals surface area contributed by atoms with Crippen molar-refractivity contribution in [2.45, 2.75) is 38.3 Å². The van der Waals surface area contributed by atoms with Crippen LogP contribution in [-0.2, 0) is 15.5 Å². The van der Waals surface area contributed by atoms with E-state index in [-0.39, 0.29) is 46.9 Å². The van der Waals surface area contributed by atoms with Crippen LogP contribution in [0.5, 0.6) is 0 Å². The zero-order valence-corrected chi connectivity index (χ0v) is 22.8. The molecule has 1 fully saturated rings. The van der Waals surface area contributed by atoms with Gasteiger partial charge in [-0.3, -0.25) is 19.8 Å². The third kappa shape index (κ3) is 4.97. The summed E-state index contributed by atoms with van der Waals surface area (Å²) in [4.78, 5) is 41.5. The number of hydrogen-bond donors (Lipinski definition) is 4. The zero-order valence-electron chi connectivity index (χ0n) is 22.0. The van der Waals surface area contributed by atoms with Gasteiger partial charge in [-0.05, 0) is 48.6 Å². The molecule has 3 aromatic rings. The van der Waals surface area contributed by atoms with Gasteiger partial charge in [0.15, 0.2) is 0 Å². The van der Waals surface area contributed by atoms with Crippen LogP contribution in [0.4, 0.5) is 8.78 Å². The van der Waals surface area contributed by atoms with Gasteiger partial charge in [0.2, 0.25) is 11.8 Å². The van der Waals surface area contributed by atoms with E-state index < -0.39 is 23.8 Å². The van der Waals surface area contributed by atoms with E-state index in [1.165, 1.54) is 40.5 Å². The lowest BCUT2D eigenvalue weighted by Crippen LogP contribution is -2.49. The van der Waals surface area contributed by atoms with Crippen LogP contribution in [-0.4, -0.2) is 47.6 Å². The zero-order chi connectivity index (χ0) is 28.8. The molecule has 3 atom stereocenters. The van der Waals surface area contributed by atoms with Crippen LogP contribution in [0, 0.1) is 11.3 Å². The highest BCUT2D eigenvalue weighted by molar-refractivity contribution is 7.10. The van der Waals surface area contributed by atoms with Crippen molar-refractivity contribution in [1.82, 2.24) is 15.5 Å². The number of carbonyl (C=O) groups is 3. The first-order chi connectivity index (χ1) is 19.0. The van der Waals surface area contributed by atoms with Gasteiger partial charge in [-0.2, -0.15) is 8.78 Å². The molecule has 0 bridgehead atoms. The van der Waals surface area contributed by atoms with Crippen molar-refractivity contribution < 1.29 is 23.2 Å². The van der Waals surface area contributed by atoms with Crippen molar-refractivity contribution in [3.05, 3.63) is 81.0 Å². The van der Waals surface area contributed by atoms with E-state index in [2.05, 4.69) is 10.6 Å². The fourth-order valence-electron chi connectivity index (χ4n) is 5.35. The Morgan fingerprint density at radius 2 is 1.85 bits per heavy atom. The van der Waals surface area contributed by atoms with E-state index >= 15 is 0 Å². The summed E-state index contributed by atoms with van der Waals surface area (Å²) < 4.78 is 29.7. The second-order valence-corrected chi connectivity index (χ2v) is 11.3. The Hall–Kier alpha value is -4.12. The number of fused-ring (bicyclic) bond motifs is 3. The average Bonchev–Trinajstić information content (AvgIpc) is 3.63. The summed E-state index contributed by atoms with van der Waals surface area (Å²) in [5.41, 5.74) is 6.70. The largest absolute Gasteiger partial charge is 0.384 e. The Morgan fingerprint density at radius 1 is 1.12 bits per heavy atom. The highest BCUT2D eigenvalue weighted by Gasteiger charge is 2.44. The average molecular weight is 566 g/mol. The lowest BCUT2D eigenvalue weighted by Gasteiger charge is -2.25. The molecule has 2 aliphatic rings.